The maximum Gasteiger partial charge on any atom is 0.182 e. The minimum atomic E-state index is 0.882. The predicted octanol–water partition coefficient (Wildman–Crippen LogP) is 7.71. The van der Waals surface area contributed by atoms with Gasteiger partial charge < -0.3 is 9.22 Å². The van der Waals surface area contributed by atoms with Crippen LogP contribution in [0.1, 0.15) is 123 Å². The Kier molecular flexibility index (Phi) is 19.6. The zero-order valence-electron chi connectivity index (χ0n) is 19.0. The van der Waals surface area contributed by atoms with Gasteiger partial charge in [-0.2, -0.15) is 0 Å². The van der Waals surface area contributed by atoms with Gasteiger partial charge in [0.05, 0.1) is 27.2 Å². The number of rotatable bonds is 21. The third-order valence-corrected chi connectivity index (χ3v) is 5.45. The van der Waals surface area contributed by atoms with Gasteiger partial charge >= 0.3 is 0 Å². The summed E-state index contributed by atoms with van der Waals surface area (Å²) >= 11 is 0. The fourth-order valence-electron chi connectivity index (χ4n) is 3.56. The van der Waals surface area contributed by atoms with Gasteiger partial charge in [0.25, 0.3) is 0 Å². The highest BCUT2D eigenvalue weighted by Gasteiger charge is 2.14. The van der Waals surface area contributed by atoms with Gasteiger partial charge in [0.15, 0.2) is 6.73 Å². The predicted molar refractivity (Wildman–Crippen MR) is 118 cm³/mol. The monoisotopic (exact) mass is 370 g/mol. The van der Waals surface area contributed by atoms with Crippen LogP contribution in [0, 0.1) is 0 Å². The molecule has 0 saturated heterocycles. The van der Waals surface area contributed by atoms with Gasteiger partial charge in [-0.3, -0.25) is 0 Å². The lowest BCUT2D eigenvalue weighted by molar-refractivity contribution is -0.909. The Hall–Kier alpha value is -0.0800. The van der Waals surface area contributed by atoms with Crippen molar-refractivity contribution in [2.45, 2.75) is 123 Å². The molecule has 0 aromatic rings. The smallest absolute Gasteiger partial charge is 0.182 e. The van der Waals surface area contributed by atoms with Crippen LogP contribution in [0.5, 0.6) is 0 Å². The molecule has 158 valence electrons. The second kappa shape index (κ2) is 19.7. The van der Waals surface area contributed by atoms with Crippen LogP contribution in [0.25, 0.3) is 0 Å². The second-order valence-electron chi connectivity index (χ2n) is 9.00. The number of hydrogen-bond donors (Lipinski definition) is 0. The van der Waals surface area contributed by atoms with Crippen molar-refractivity contribution >= 4 is 0 Å². The van der Waals surface area contributed by atoms with Crippen molar-refractivity contribution < 1.29 is 9.22 Å². The van der Waals surface area contributed by atoms with E-state index in [1.807, 2.05) is 0 Å². The van der Waals surface area contributed by atoms with Crippen molar-refractivity contribution in [3.63, 3.8) is 0 Å². The average molecular weight is 371 g/mol. The van der Waals surface area contributed by atoms with Crippen molar-refractivity contribution in [2.24, 2.45) is 0 Å². The summed E-state index contributed by atoms with van der Waals surface area (Å²) in [5.41, 5.74) is 0. The van der Waals surface area contributed by atoms with Crippen LogP contribution in [0.2, 0.25) is 0 Å². The van der Waals surface area contributed by atoms with Gasteiger partial charge in [0.2, 0.25) is 0 Å². The molecule has 0 rings (SSSR count). The molecule has 0 unspecified atom stereocenters. The van der Waals surface area contributed by atoms with Crippen LogP contribution < -0.4 is 0 Å². The first kappa shape index (κ1) is 25.9. The molecule has 0 aliphatic heterocycles. The molecule has 0 aliphatic carbocycles. The van der Waals surface area contributed by atoms with Crippen LogP contribution in [0.15, 0.2) is 0 Å². The van der Waals surface area contributed by atoms with E-state index in [2.05, 4.69) is 27.9 Å². The minimum Gasteiger partial charge on any atom is -0.332 e. The summed E-state index contributed by atoms with van der Waals surface area (Å²) in [5, 5.41) is 0. The molecule has 0 saturated carbocycles. The number of nitrogens with zero attached hydrogens (tertiary/aromatic N) is 1. The molecule has 0 aliphatic rings. The molecule has 0 atom stereocenters. The van der Waals surface area contributed by atoms with Gasteiger partial charge in [0.1, 0.15) is 0 Å². The molecular weight excluding hydrogens is 318 g/mol. The van der Waals surface area contributed by atoms with E-state index in [1.165, 1.54) is 116 Å². The lowest BCUT2D eigenvalue weighted by Crippen LogP contribution is -2.42. The summed E-state index contributed by atoms with van der Waals surface area (Å²) in [7, 11) is 4.64. The van der Waals surface area contributed by atoms with Crippen LogP contribution in [0.4, 0.5) is 0 Å². The van der Waals surface area contributed by atoms with Gasteiger partial charge in [0, 0.05) is 0 Å². The molecule has 0 aromatic carbocycles. The summed E-state index contributed by atoms with van der Waals surface area (Å²) in [6.45, 7) is 7.67. The lowest BCUT2D eigenvalue weighted by atomic mass is 10.1. The Balaban J connectivity index is 3.31. The Bertz CT molecular complexity index is 265. The van der Waals surface area contributed by atoms with Gasteiger partial charge in [-0.1, -0.05) is 104 Å². The highest BCUT2D eigenvalue weighted by Crippen LogP contribution is 2.12. The molecule has 0 spiro atoms. The van der Waals surface area contributed by atoms with Crippen molar-refractivity contribution in [1.82, 2.24) is 0 Å². The fraction of sp³-hybridized carbons (Fsp3) is 1.00. The second-order valence-corrected chi connectivity index (χ2v) is 9.00. The molecule has 2 nitrogen and oxygen atoms in total. The van der Waals surface area contributed by atoms with E-state index in [-0.39, 0.29) is 0 Å². The van der Waals surface area contributed by atoms with E-state index in [0.29, 0.717) is 0 Å². The van der Waals surface area contributed by atoms with Gasteiger partial charge in [-0.15, -0.1) is 0 Å². The number of quaternary nitrogens is 1. The normalized spacial score (nSPS) is 12.0. The SMILES string of the molecule is CCCCCCCCCCCC[N+](C)(C)COCCCCCCCCC. The first-order valence-corrected chi connectivity index (χ1v) is 12.0. The molecule has 0 radical (unpaired) electrons. The summed E-state index contributed by atoms with van der Waals surface area (Å²) in [5.74, 6) is 0. The van der Waals surface area contributed by atoms with Crippen LogP contribution >= 0.6 is 0 Å². The molecule has 0 fully saturated rings. The number of unbranched alkanes of at least 4 members (excludes halogenated alkanes) is 15. The number of hydrogen-bond acceptors (Lipinski definition) is 1. The zero-order chi connectivity index (χ0) is 19.3. The summed E-state index contributed by atoms with van der Waals surface area (Å²) in [4.78, 5) is 0. The Morgan fingerprint density at radius 3 is 1.35 bits per heavy atom. The van der Waals surface area contributed by atoms with Crippen molar-refractivity contribution in [1.29, 1.82) is 0 Å². The van der Waals surface area contributed by atoms with Crippen molar-refractivity contribution in [3.8, 4) is 0 Å². The highest BCUT2D eigenvalue weighted by molar-refractivity contribution is 4.48. The summed E-state index contributed by atoms with van der Waals surface area (Å²) < 4.78 is 6.96. The van der Waals surface area contributed by atoms with E-state index in [4.69, 9.17) is 4.74 Å². The van der Waals surface area contributed by atoms with Gasteiger partial charge in [-0.05, 0) is 19.3 Å². The standard InChI is InChI=1S/C24H52NO/c1-5-7-9-11-13-14-15-16-18-20-22-25(3,4)24-26-23-21-19-17-12-10-8-6-2/h5-24H2,1-4H3/q+1. The maximum absolute atomic E-state index is 5.94. The van der Waals surface area contributed by atoms with Crippen LogP contribution in [-0.2, 0) is 4.74 Å². The fourth-order valence-corrected chi connectivity index (χ4v) is 3.56. The summed E-state index contributed by atoms with van der Waals surface area (Å²) in [6.07, 6.45) is 23.7. The molecule has 2 heteroatoms. The van der Waals surface area contributed by atoms with E-state index < -0.39 is 0 Å². The van der Waals surface area contributed by atoms with E-state index in [0.717, 1.165) is 17.8 Å². The largest absolute Gasteiger partial charge is 0.332 e. The maximum atomic E-state index is 5.94. The zero-order valence-corrected chi connectivity index (χ0v) is 19.0. The molecule has 26 heavy (non-hydrogen) atoms. The Morgan fingerprint density at radius 2 is 0.885 bits per heavy atom. The van der Waals surface area contributed by atoms with Crippen LogP contribution in [0.3, 0.4) is 0 Å². The van der Waals surface area contributed by atoms with Crippen molar-refractivity contribution in [2.75, 3.05) is 34.0 Å². The topological polar surface area (TPSA) is 9.23 Å². The Labute approximate surface area is 166 Å². The van der Waals surface area contributed by atoms with E-state index in [1.54, 1.807) is 0 Å². The number of ether oxygens (including phenoxy) is 1. The van der Waals surface area contributed by atoms with Crippen molar-refractivity contribution in [3.05, 3.63) is 0 Å². The molecule has 0 amide bonds. The van der Waals surface area contributed by atoms with Crippen LogP contribution in [-0.4, -0.2) is 38.5 Å². The first-order chi connectivity index (χ1) is 12.6. The molecule has 0 heterocycles. The lowest BCUT2D eigenvalue weighted by Gasteiger charge is -2.29. The third-order valence-electron chi connectivity index (χ3n) is 5.45. The highest BCUT2D eigenvalue weighted by atomic mass is 16.5. The summed E-state index contributed by atoms with van der Waals surface area (Å²) in [6, 6.07) is 0. The van der Waals surface area contributed by atoms with E-state index >= 15 is 0 Å². The van der Waals surface area contributed by atoms with E-state index in [9.17, 15) is 0 Å². The minimum absolute atomic E-state index is 0.882. The first-order valence-electron chi connectivity index (χ1n) is 12.0. The molecule has 0 bridgehead atoms. The molecule has 0 N–H and O–H groups in total. The Morgan fingerprint density at radius 1 is 0.500 bits per heavy atom. The average Bonchev–Trinajstić information content (AvgIpc) is 2.62. The van der Waals surface area contributed by atoms with Gasteiger partial charge in [-0.25, -0.2) is 0 Å². The quantitative estimate of drug-likeness (QED) is 0.114. The molecule has 0 aromatic heterocycles. The third kappa shape index (κ3) is 20.2. The molecular formula is C24H52NO+.